The monoisotopic (exact) mass is 1100 g/mol. The summed E-state index contributed by atoms with van der Waals surface area (Å²) in [5, 5.41) is 7.82. The van der Waals surface area contributed by atoms with Crippen molar-refractivity contribution >= 4 is 0 Å². The van der Waals surface area contributed by atoms with Crippen LogP contribution in [0, 0.1) is 0 Å². The molecule has 0 amide bonds. The van der Waals surface area contributed by atoms with E-state index in [1.807, 2.05) is 0 Å². The van der Waals surface area contributed by atoms with E-state index in [9.17, 15) is 189 Å². The van der Waals surface area contributed by atoms with E-state index >= 15 is 0 Å². The number of rotatable bonds is 20. The number of alkyl halides is 43. The zero-order valence-electron chi connectivity index (χ0n) is 27.9. The molecule has 0 aromatic heterocycles. The molecule has 0 radical (unpaired) electrons. The van der Waals surface area contributed by atoms with Gasteiger partial charge in [-0.15, -0.1) is 0 Å². The first-order chi connectivity index (χ1) is 27.6. The fraction of sp³-hybridized carbons (Fsp3) is 1.00. The summed E-state index contributed by atoms with van der Waals surface area (Å²) in [4.78, 5) is 0. The maximum absolute atomic E-state index is 14.0. The highest BCUT2D eigenvalue weighted by Crippen LogP contribution is 2.71. The smallest absolute Gasteiger partial charge is 0.390 e. The number of aliphatic hydroxyl groups is 1. The Hall–Kier alpha value is -3.05. The lowest BCUT2D eigenvalue weighted by Crippen LogP contribution is -2.80. The molecule has 0 fully saturated rings. The Morgan fingerprint density at radius 3 is 0.333 bits per heavy atom. The minimum Gasteiger partial charge on any atom is -0.390 e. The third-order valence-electron chi connectivity index (χ3n) is 8.11. The standard InChI is InChI=1S/C22H3F43O/c23-2(24,1-66)3(25,26)4(27,28)5(29,30)6(31,32)7(33,34)8(35,36)9(37,38)10(39,40)11(41,42)12(43,44)13(45,46)14(47,48)15(49,50)16(51,52)17(53,54)18(55,56)19(57,58)20(59,60)21(61,62)22(63,64)65/h66H,1H2. The molecule has 0 aromatic rings. The van der Waals surface area contributed by atoms with Gasteiger partial charge in [-0.05, 0) is 0 Å². The normalized spacial score (nSPS) is 17.5. The fourth-order valence-corrected chi connectivity index (χ4v) is 3.86. The van der Waals surface area contributed by atoms with Gasteiger partial charge in [-0.1, -0.05) is 0 Å². The van der Waals surface area contributed by atoms with Gasteiger partial charge in [0.15, 0.2) is 0 Å². The summed E-state index contributed by atoms with van der Waals surface area (Å²) >= 11 is 0. The maximum Gasteiger partial charge on any atom is 0.460 e. The van der Waals surface area contributed by atoms with Crippen molar-refractivity contribution in [3.63, 3.8) is 0 Å². The first-order valence-corrected chi connectivity index (χ1v) is 13.8. The fourth-order valence-electron chi connectivity index (χ4n) is 3.86. The predicted octanol–water partition coefficient (Wildman–Crippen LogP) is 13.2. The number of hydrogen-bond donors (Lipinski definition) is 1. The highest BCUT2D eigenvalue weighted by Gasteiger charge is 3.03. The van der Waals surface area contributed by atoms with E-state index in [4.69, 9.17) is 5.11 Å². The predicted molar refractivity (Wildman–Crippen MR) is 112 cm³/mol. The van der Waals surface area contributed by atoms with Crippen LogP contribution in [0.25, 0.3) is 0 Å². The van der Waals surface area contributed by atoms with Crippen molar-refractivity contribution in [3.05, 3.63) is 0 Å². The minimum atomic E-state index is -10.7. The van der Waals surface area contributed by atoms with Crippen molar-refractivity contribution in [2.24, 2.45) is 0 Å². The summed E-state index contributed by atoms with van der Waals surface area (Å²) in [7, 11) is 0. The van der Waals surface area contributed by atoms with Crippen LogP contribution >= 0.6 is 0 Å². The molecule has 0 saturated carbocycles. The molecule has 0 atom stereocenters. The lowest BCUT2D eigenvalue weighted by atomic mass is 9.81. The summed E-state index contributed by atoms with van der Waals surface area (Å²) in [5.41, 5.74) is 0. The van der Waals surface area contributed by atoms with Gasteiger partial charge in [0, 0.05) is 0 Å². The van der Waals surface area contributed by atoms with Gasteiger partial charge in [0.1, 0.15) is 6.61 Å². The van der Waals surface area contributed by atoms with Gasteiger partial charge >= 0.3 is 125 Å². The zero-order valence-corrected chi connectivity index (χ0v) is 27.9. The number of hydrogen-bond acceptors (Lipinski definition) is 1. The molecular formula is C22H3F43O. The van der Waals surface area contributed by atoms with Crippen LogP contribution in [0.15, 0.2) is 0 Å². The number of aliphatic hydroxyl groups excluding tert-OH is 1. The molecule has 0 aliphatic carbocycles. The van der Waals surface area contributed by atoms with E-state index in [0.717, 1.165) is 0 Å². The minimum absolute atomic E-state index is 4.07. The van der Waals surface area contributed by atoms with Crippen LogP contribution in [0.5, 0.6) is 0 Å². The summed E-state index contributed by atoms with van der Waals surface area (Å²) in [6.07, 6.45) is -8.55. The second-order valence-electron chi connectivity index (χ2n) is 12.3. The van der Waals surface area contributed by atoms with Crippen molar-refractivity contribution in [1.82, 2.24) is 0 Å². The summed E-state index contributed by atoms with van der Waals surface area (Å²) in [6.45, 7) is -4.07. The van der Waals surface area contributed by atoms with Gasteiger partial charge in [-0.25, -0.2) is 0 Å². The molecule has 0 rings (SSSR count). The molecule has 0 aliphatic rings. The van der Waals surface area contributed by atoms with Crippen molar-refractivity contribution in [2.75, 3.05) is 6.61 Å². The first kappa shape index (κ1) is 63.0. The molecule has 0 heterocycles. The second-order valence-corrected chi connectivity index (χ2v) is 12.3. The Balaban J connectivity index is 8.04. The van der Waals surface area contributed by atoms with Crippen molar-refractivity contribution < 1.29 is 194 Å². The van der Waals surface area contributed by atoms with Crippen LogP contribution in [0.4, 0.5) is 189 Å². The molecule has 398 valence electrons. The van der Waals surface area contributed by atoms with Crippen LogP contribution in [0.2, 0.25) is 0 Å². The molecule has 66 heavy (non-hydrogen) atoms. The molecule has 0 spiro atoms. The largest absolute Gasteiger partial charge is 0.460 e. The quantitative estimate of drug-likeness (QED) is 0.121. The van der Waals surface area contributed by atoms with Crippen LogP contribution in [-0.4, -0.2) is 136 Å². The molecule has 0 saturated heterocycles. The molecule has 1 nitrogen and oxygen atoms in total. The zero-order chi connectivity index (χ0) is 55.2. The maximum atomic E-state index is 14.0. The first-order valence-electron chi connectivity index (χ1n) is 13.8. The Morgan fingerprint density at radius 2 is 0.242 bits per heavy atom. The number of halogens is 43. The van der Waals surface area contributed by atoms with Gasteiger partial charge in [0.2, 0.25) is 0 Å². The van der Waals surface area contributed by atoms with E-state index in [2.05, 4.69) is 0 Å². The molecule has 0 aromatic carbocycles. The van der Waals surface area contributed by atoms with E-state index in [1.54, 1.807) is 0 Å². The average Bonchev–Trinajstić information content (AvgIpc) is 3.09. The van der Waals surface area contributed by atoms with Crippen LogP contribution in [0.3, 0.4) is 0 Å². The highest BCUT2D eigenvalue weighted by atomic mass is 19.4. The Bertz CT molecular complexity index is 1750. The Morgan fingerprint density at radius 1 is 0.152 bits per heavy atom. The third kappa shape index (κ3) is 6.76. The van der Waals surface area contributed by atoms with E-state index in [-0.39, 0.29) is 0 Å². The van der Waals surface area contributed by atoms with Crippen LogP contribution in [-0.2, 0) is 0 Å². The second kappa shape index (κ2) is 15.0. The average molecular weight is 1100 g/mol. The molecule has 0 aliphatic heterocycles. The molecule has 0 bridgehead atoms. The van der Waals surface area contributed by atoms with E-state index in [0.29, 0.717) is 0 Å². The van der Waals surface area contributed by atoms with E-state index in [1.165, 1.54) is 0 Å². The lowest BCUT2D eigenvalue weighted by Gasteiger charge is -2.47. The SMILES string of the molecule is OCC(F)(F)C(F)(F)C(F)(F)C(F)(F)C(F)(F)C(F)(F)C(F)(F)C(F)(F)C(F)(F)C(F)(F)C(F)(F)C(F)(F)C(F)(F)C(F)(F)C(F)(F)C(F)(F)C(F)(F)C(F)(F)C(F)(F)C(F)(F)C(F)(F)F. The molecule has 1 N–H and O–H groups in total. The summed E-state index contributed by atoms with van der Waals surface area (Å²) in [5.74, 6) is -200. The van der Waals surface area contributed by atoms with Gasteiger partial charge < -0.3 is 5.11 Å². The molecule has 0 unspecified atom stereocenters. The highest BCUT2D eigenvalue weighted by molar-refractivity contribution is 5.24. The van der Waals surface area contributed by atoms with Gasteiger partial charge in [0.25, 0.3) is 0 Å². The lowest BCUT2D eigenvalue weighted by molar-refractivity contribution is -0.496. The van der Waals surface area contributed by atoms with Crippen LogP contribution < -0.4 is 0 Å². The summed E-state index contributed by atoms with van der Waals surface area (Å²) in [6, 6.07) is 0. The van der Waals surface area contributed by atoms with E-state index < -0.39 is 131 Å². The van der Waals surface area contributed by atoms with Crippen molar-refractivity contribution in [3.8, 4) is 0 Å². The molecular weight excluding hydrogens is 1100 g/mol. The topological polar surface area (TPSA) is 20.2 Å². The summed E-state index contributed by atoms with van der Waals surface area (Å²) < 4.78 is 583. The van der Waals surface area contributed by atoms with Crippen LogP contribution in [0.1, 0.15) is 0 Å². The van der Waals surface area contributed by atoms with Crippen molar-refractivity contribution in [2.45, 2.75) is 125 Å². The van der Waals surface area contributed by atoms with Gasteiger partial charge in [0.05, 0.1) is 0 Å². The van der Waals surface area contributed by atoms with Gasteiger partial charge in [-0.3, -0.25) is 0 Å². The molecule has 44 heteroatoms. The Kier molecular flexibility index (Phi) is 14.3. The van der Waals surface area contributed by atoms with Gasteiger partial charge in [-0.2, -0.15) is 189 Å². The third-order valence-corrected chi connectivity index (χ3v) is 8.11. The van der Waals surface area contributed by atoms with Crippen molar-refractivity contribution in [1.29, 1.82) is 0 Å². The Labute approximate surface area is 326 Å².